The Bertz CT molecular complexity index is 699. The van der Waals surface area contributed by atoms with Crippen LogP contribution in [0.4, 0.5) is 0 Å². The number of aldehydes is 1. The maximum Gasteiger partial charge on any atom is 0.153 e. The summed E-state index contributed by atoms with van der Waals surface area (Å²) in [5.74, 6) is 0. The minimum Gasteiger partial charge on any atom is -0.306 e. The monoisotopic (exact) mass is 243 g/mol. The molecule has 0 bridgehead atoms. The Morgan fingerprint density at radius 2 is 2.35 bits per heavy atom. The van der Waals surface area contributed by atoms with Crippen LogP contribution >= 0.6 is 11.5 Å². The van der Waals surface area contributed by atoms with E-state index in [-0.39, 0.29) is 0 Å². The molecule has 0 atom stereocenters. The number of rotatable bonds is 2. The smallest absolute Gasteiger partial charge is 0.153 e. The highest BCUT2D eigenvalue weighted by Gasteiger charge is 2.09. The van der Waals surface area contributed by atoms with Crippen molar-refractivity contribution in [2.45, 2.75) is 6.92 Å². The number of carbonyl (C=O) groups is 1. The third-order valence-electron chi connectivity index (χ3n) is 2.52. The van der Waals surface area contributed by atoms with Gasteiger partial charge in [0.05, 0.1) is 16.1 Å². The van der Waals surface area contributed by atoms with E-state index in [9.17, 15) is 4.79 Å². The van der Waals surface area contributed by atoms with Crippen molar-refractivity contribution >= 4 is 23.5 Å². The second-order valence-electron chi connectivity index (χ2n) is 3.77. The summed E-state index contributed by atoms with van der Waals surface area (Å²) in [6.45, 7) is 1.95. The number of nitrogens with zero attached hydrogens (tertiary/aromatic N) is 3. The second kappa shape index (κ2) is 3.78. The minimum absolute atomic E-state index is 0.597. The van der Waals surface area contributed by atoms with Gasteiger partial charge in [0, 0.05) is 12.4 Å². The molecule has 0 aromatic carbocycles. The van der Waals surface area contributed by atoms with Gasteiger partial charge in [0.2, 0.25) is 0 Å². The van der Waals surface area contributed by atoms with Gasteiger partial charge in [-0.3, -0.25) is 4.79 Å². The first-order valence-electron chi connectivity index (χ1n) is 5.14. The summed E-state index contributed by atoms with van der Waals surface area (Å²) in [5, 5.41) is 0. The third kappa shape index (κ3) is 1.64. The van der Waals surface area contributed by atoms with Gasteiger partial charge in [0.25, 0.3) is 0 Å². The second-order valence-corrected chi connectivity index (χ2v) is 4.58. The van der Waals surface area contributed by atoms with Gasteiger partial charge in [-0.05, 0) is 36.7 Å². The summed E-state index contributed by atoms with van der Waals surface area (Å²) in [4.78, 5) is 16.4. The van der Waals surface area contributed by atoms with Gasteiger partial charge in [-0.25, -0.2) is 4.98 Å². The Kier molecular flexibility index (Phi) is 2.26. The number of hydrogen-bond acceptors (Lipinski definition) is 4. The maximum absolute atomic E-state index is 10.9. The van der Waals surface area contributed by atoms with Crippen LogP contribution in [0.2, 0.25) is 0 Å². The molecule has 0 saturated heterocycles. The van der Waals surface area contributed by atoms with E-state index >= 15 is 0 Å². The molecule has 0 N–H and O–H groups in total. The molecular weight excluding hydrogens is 234 g/mol. The van der Waals surface area contributed by atoms with Gasteiger partial charge in [0.15, 0.2) is 6.29 Å². The zero-order valence-corrected chi connectivity index (χ0v) is 9.94. The standard InChI is InChI=1S/C12H9N3OS/c1-8-5-11(17-14-8)10-6-15-4-2-3-9(7-16)12(15)13-10/h2-7H,1H3. The number of hydrogen-bond donors (Lipinski definition) is 0. The lowest BCUT2D eigenvalue weighted by Crippen LogP contribution is -1.88. The van der Waals surface area contributed by atoms with E-state index in [0.29, 0.717) is 11.2 Å². The summed E-state index contributed by atoms with van der Waals surface area (Å²) in [6, 6.07) is 5.59. The molecular formula is C12H9N3OS. The highest BCUT2D eigenvalue weighted by Crippen LogP contribution is 2.24. The Hall–Kier alpha value is -2.01. The summed E-state index contributed by atoms with van der Waals surface area (Å²) in [6.07, 6.45) is 4.62. The molecule has 5 heteroatoms. The van der Waals surface area contributed by atoms with Crippen molar-refractivity contribution in [2.75, 3.05) is 0 Å². The first-order chi connectivity index (χ1) is 8.28. The van der Waals surface area contributed by atoms with Crippen molar-refractivity contribution in [1.29, 1.82) is 0 Å². The van der Waals surface area contributed by atoms with Crippen LogP contribution in [-0.2, 0) is 0 Å². The first-order valence-corrected chi connectivity index (χ1v) is 5.92. The molecule has 0 aliphatic carbocycles. The Morgan fingerprint density at radius 1 is 1.47 bits per heavy atom. The van der Waals surface area contributed by atoms with Crippen LogP contribution in [0.15, 0.2) is 30.6 Å². The SMILES string of the molecule is Cc1cc(-c2cn3cccc(C=O)c3n2)sn1. The van der Waals surface area contributed by atoms with Crippen molar-refractivity contribution in [3.05, 3.63) is 41.9 Å². The van der Waals surface area contributed by atoms with Crippen LogP contribution in [0.1, 0.15) is 16.1 Å². The normalized spacial score (nSPS) is 10.9. The summed E-state index contributed by atoms with van der Waals surface area (Å²) in [7, 11) is 0. The van der Waals surface area contributed by atoms with E-state index in [0.717, 1.165) is 22.6 Å². The van der Waals surface area contributed by atoms with E-state index in [1.54, 1.807) is 6.07 Å². The van der Waals surface area contributed by atoms with Crippen molar-refractivity contribution in [3.63, 3.8) is 0 Å². The largest absolute Gasteiger partial charge is 0.306 e. The third-order valence-corrected chi connectivity index (χ3v) is 3.42. The number of fused-ring (bicyclic) bond motifs is 1. The van der Waals surface area contributed by atoms with Crippen molar-refractivity contribution in [2.24, 2.45) is 0 Å². The number of aromatic nitrogens is 3. The highest BCUT2D eigenvalue weighted by atomic mass is 32.1. The molecule has 0 unspecified atom stereocenters. The summed E-state index contributed by atoms with van der Waals surface area (Å²) >= 11 is 1.42. The number of aryl methyl sites for hydroxylation is 1. The molecule has 3 aromatic heterocycles. The van der Waals surface area contributed by atoms with Gasteiger partial charge in [-0.1, -0.05) is 0 Å². The Labute approximate surface area is 102 Å². The molecule has 3 rings (SSSR count). The molecule has 0 fully saturated rings. The molecule has 0 aliphatic heterocycles. The zero-order valence-electron chi connectivity index (χ0n) is 9.12. The van der Waals surface area contributed by atoms with E-state index < -0.39 is 0 Å². The Morgan fingerprint density at radius 3 is 3.06 bits per heavy atom. The van der Waals surface area contributed by atoms with Crippen LogP contribution in [-0.4, -0.2) is 20.0 Å². The van der Waals surface area contributed by atoms with Gasteiger partial charge in [0.1, 0.15) is 11.3 Å². The van der Waals surface area contributed by atoms with Crippen LogP contribution in [0.3, 0.4) is 0 Å². The van der Waals surface area contributed by atoms with E-state index in [1.165, 1.54) is 11.5 Å². The average Bonchev–Trinajstić information content (AvgIpc) is 2.93. The molecule has 0 spiro atoms. The fraction of sp³-hybridized carbons (Fsp3) is 0.0833. The molecule has 3 heterocycles. The number of imidazole rings is 1. The minimum atomic E-state index is 0.597. The fourth-order valence-electron chi connectivity index (χ4n) is 1.73. The predicted molar refractivity (Wildman–Crippen MR) is 66.4 cm³/mol. The summed E-state index contributed by atoms with van der Waals surface area (Å²) < 4.78 is 6.08. The lowest BCUT2D eigenvalue weighted by molar-refractivity contribution is 0.112. The van der Waals surface area contributed by atoms with E-state index in [1.807, 2.05) is 35.9 Å². The molecule has 0 aliphatic rings. The van der Waals surface area contributed by atoms with Crippen molar-refractivity contribution in [1.82, 2.24) is 13.8 Å². The predicted octanol–water partition coefficient (Wildman–Crippen LogP) is 2.58. The summed E-state index contributed by atoms with van der Waals surface area (Å²) in [5.41, 5.74) is 3.12. The molecule has 0 amide bonds. The molecule has 84 valence electrons. The lowest BCUT2D eigenvalue weighted by Gasteiger charge is -1.93. The van der Waals surface area contributed by atoms with Crippen LogP contribution in [0.5, 0.6) is 0 Å². The lowest BCUT2D eigenvalue weighted by atomic mass is 10.3. The van der Waals surface area contributed by atoms with Gasteiger partial charge < -0.3 is 4.40 Å². The first kappa shape index (κ1) is 10.2. The number of carbonyl (C=O) groups excluding carboxylic acids is 1. The quantitative estimate of drug-likeness (QED) is 0.650. The van der Waals surface area contributed by atoms with Crippen molar-refractivity contribution < 1.29 is 4.79 Å². The number of pyridine rings is 1. The molecule has 3 aromatic rings. The van der Waals surface area contributed by atoms with E-state index in [4.69, 9.17) is 0 Å². The molecule has 17 heavy (non-hydrogen) atoms. The molecule has 4 nitrogen and oxygen atoms in total. The van der Waals surface area contributed by atoms with Crippen LogP contribution < -0.4 is 0 Å². The Balaban J connectivity index is 2.23. The van der Waals surface area contributed by atoms with Gasteiger partial charge >= 0.3 is 0 Å². The van der Waals surface area contributed by atoms with Crippen LogP contribution in [0, 0.1) is 6.92 Å². The van der Waals surface area contributed by atoms with Crippen LogP contribution in [0.25, 0.3) is 16.2 Å². The van der Waals surface area contributed by atoms with E-state index in [2.05, 4.69) is 9.36 Å². The molecule has 0 radical (unpaired) electrons. The van der Waals surface area contributed by atoms with Crippen molar-refractivity contribution in [3.8, 4) is 10.6 Å². The zero-order chi connectivity index (χ0) is 11.8. The average molecular weight is 243 g/mol. The topological polar surface area (TPSA) is 47.3 Å². The maximum atomic E-state index is 10.9. The molecule has 0 saturated carbocycles. The van der Waals surface area contributed by atoms with Gasteiger partial charge in [-0.15, -0.1) is 0 Å². The fourth-order valence-corrected chi connectivity index (χ4v) is 2.44. The highest BCUT2D eigenvalue weighted by molar-refractivity contribution is 7.09. The van der Waals surface area contributed by atoms with Gasteiger partial charge in [-0.2, -0.15) is 4.37 Å².